The van der Waals surface area contributed by atoms with Crippen LogP contribution in [0.3, 0.4) is 0 Å². The molecule has 0 saturated heterocycles. The smallest absolute Gasteiger partial charge is 0.404 e. The van der Waals surface area contributed by atoms with Crippen LogP contribution >= 0.6 is 0 Å². The first-order valence-electron chi connectivity index (χ1n) is 10.0. The Morgan fingerprint density at radius 2 is 1.52 bits per heavy atom. The van der Waals surface area contributed by atoms with Gasteiger partial charge in [0.15, 0.2) is 12.0 Å². The Labute approximate surface area is 158 Å². The highest BCUT2D eigenvalue weighted by molar-refractivity contribution is 5.81. The monoisotopic (exact) mass is 390 g/mol. The Morgan fingerprint density at radius 3 is 1.93 bits per heavy atom. The van der Waals surface area contributed by atoms with E-state index in [2.05, 4.69) is 0 Å². The molecule has 0 aromatic carbocycles. The topological polar surface area (TPSA) is 52.6 Å². The van der Waals surface area contributed by atoms with Crippen molar-refractivity contribution >= 4 is 11.9 Å². The average Bonchev–Trinajstić information content (AvgIpc) is 2.60. The Kier molecular flexibility index (Phi) is 5.28. The summed E-state index contributed by atoms with van der Waals surface area (Å²) in [7, 11) is 0. The lowest BCUT2D eigenvalue weighted by molar-refractivity contribution is -0.234. The van der Waals surface area contributed by atoms with E-state index in [0.29, 0.717) is 30.1 Å². The van der Waals surface area contributed by atoms with Crippen LogP contribution in [0.25, 0.3) is 0 Å². The number of hydrogen-bond donors (Lipinski definition) is 0. The van der Waals surface area contributed by atoms with Gasteiger partial charge in [0, 0.05) is 0 Å². The zero-order valence-electron chi connectivity index (χ0n) is 16.2. The van der Waals surface area contributed by atoms with Gasteiger partial charge in [-0.15, -0.1) is 0 Å². The van der Waals surface area contributed by atoms with Gasteiger partial charge in [0.1, 0.15) is 5.60 Å². The highest BCUT2D eigenvalue weighted by Crippen LogP contribution is 2.60. The number of hydrogen-bond acceptors (Lipinski definition) is 4. The maximum atomic E-state index is 13.1. The molecule has 0 aromatic heterocycles. The second kappa shape index (κ2) is 6.96. The van der Waals surface area contributed by atoms with Crippen LogP contribution in [0.1, 0.15) is 65.7 Å². The van der Waals surface area contributed by atoms with Gasteiger partial charge in [-0.05, 0) is 75.5 Å². The van der Waals surface area contributed by atoms with E-state index in [0.717, 1.165) is 32.6 Å². The molecule has 0 radical (unpaired) electrons. The lowest BCUT2D eigenvalue weighted by Gasteiger charge is -2.60. The van der Waals surface area contributed by atoms with Crippen molar-refractivity contribution in [1.82, 2.24) is 0 Å². The number of halogens is 3. The summed E-state index contributed by atoms with van der Waals surface area (Å²) in [6.45, 7) is 3.30. The Bertz CT molecular complexity index is 573. The Balaban J connectivity index is 1.63. The minimum absolute atomic E-state index is 0.314. The highest BCUT2D eigenvalue weighted by Gasteiger charge is 2.59. The van der Waals surface area contributed by atoms with E-state index in [4.69, 9.17) is 9.47 Å². The third-order valence-corrected chi connectivity index (χ3v) is 7.48. The minimum atomic E-state index is -4.73. The molecule has 4 rings (SSSR count). The van der Waals surface area contributed by atoms with E-state index in [-0.39, 0.29) is 0 Å². The molecule has 4 nitrogen and oxygen atoms in total. The number of carbonyl (C=O) groups excluding carboxylic acids is 2. The molecular formula is C20H29F3O4. The number of rotatable bonds is 6. The summed E-state index contributed by atoms with van der Waals surface area (Å²) in [5.41, 5.74) is -3.16. The summed E-state index contributed by atoms with van der Waals surface area (Å²) in [4.78, 5) is 24.4. The van der Waals surface area contributed by atoms with Crippen molar-refractivity contribution in [2.45, 2.75) is 77.5 Å². The van der Waals surface area contributed by atoms with Crippen LogP contribution in [0.15, 0.2) is 0 Å². The van der Waals surface area contributed by atoms with E-state index >= 15 is 0 Å². The minimum Gasteiger partial charge on any atom is -0.456 e. The first-order valence-corrected chi connectivity index (χ1v) is 10.0. The molecule has 0 aromatic rings. The molecule has 4 aliphatic carbocycles. The summed E-state index contributed by atoms with van der Waals surface area (Å²) in [6, 6.07) is 0. The van der Waals surface area contributed by atoms with Gasteiger partial charge < -0.3 is 9.47 Å². The van der Waals surface area contributed by atoms with Crippen molar-refractivity contribution in [3.05, 3.63) is 0 Å². The maximum Gasteiger partial charge on any atom is 0.404 e. The molecule has 4 bridgehead atoms. The first-order chi connectivity index (χ1) is 12.6. The SMILES string of the molecule is CCC1(OC(=O)COC(=O)C(C)(CC)C(F)(F)F)C2CC3CC(C2)CC1C3. The number of esters is 2. The van der Waals surface area contributed by atoms with E-state index in [9.17, 15) is 22.8 Å². The largest absolute Gasteiger partial charge is 0.456 e. The van der Waals surface area contributed by atoms with Crippen LogP contribution in [-0.4, -0.2) is 30.3 Å². The summed E-state index contributed by atoms with van der Waals surface area (Å²) < 4.78 is 50.0. The highest BCUT2D eigenvalue weighted by atomic mass is 19.4. The number of ether oxygens (including phenoxy) is 2. The van der Waals surface area contributed by atoms with Crippen molar-refractivity contribution in [2.24, 2.45) is 29.1 Å². The summed E-state index contributed by atoms with van der Waals surface area (Å²) in [5, 5.41) is 0. The fourth-order valence-electron chi connectivity index (χ4n) is 5.78. The van der Waals surface area contributed by atoms with Gasteiger partial charge in [0.25, 0.3) is 0 Å². The standard InChI is InChI=1S/C20H29F3O4/c1-4-18(3,20(21,22)23)17(25)26-11-16(24)27-19(5-2)14-7-12-6-13(9-14)10-15(19)8-12/h12-15H,4-11H2,1-3H3. The second-order valence-electron chi connectivity index (χ2n) is 8.85. The molecule has 27 heavy (non-hydrogen) atoms. The fraction of sp³-hybridized carbons (Fsp3) is 0.900. The van der Waals surface area contributed by atoms with Gasteiger partial charge in [-0.3, -0.25) is 4.79 Å². The van der Waals surface area contributed by atoms with Crippen LogP contribution < -0.4 is 0 Å². The van der Waals surface area contributed by atoms with Crippen molar-refractivity contribution < 1.29 is 32.2 Å². The maximum absolute atomic E-state index is 13.1. The van der Waals surface area contributed by atoms with Crippen LogP contribution in [0, 0.1) is 29.1 Å². The van der Waals surface area contributed by atoms with Crippen LogP contribution in [0.5, 0.6) is 0 Å². The molecular weight excluding hydrogens is 361 g/mol. The quantitative estimate of drug-likeness (QED) is 0.619. The number of carbonyl (C=O) groups is 2. The molecule has 0 aliphatic heterocycles. The van der Waals surface area contributed by atoms with Crippen molar-refractivity contribution in [1.29, 1.82) is 0 Å². The third kappa shape index (κ3) is 3.35. The molecule has 0 heterocycles. The molecule has 1 atom stereocenters. The molecule has 0 spiro atoms. The third-order valence-electron chi connectivity index (χ3n) is 7.48. The predicted octanol–water partition coefficient (Wildman–Crippen LogP) is 4.66. The predicted molar refractivity (Wildman–Crippen MR) is 91.6 cm³/mol. The Hall–Kier alpha value is -1.27. The summed E-state index contributed by atoms with van der Waals surface area (Å²) in [6.07, 6.45) is 0.991. The van der Waals surface area contributed by atoms with Gasteiger partial charge in [0.05, 0.1) is 0 Å². The van der Waals surface area contributed by atoms with E-state index in [1.54, 1.807) is 0 Å². The van der Waals surface area contributed by atoms with Gasteiger partial charge >= 0.3 is 18.1 Å². The Morgan fingerprint density at radius 1 is 1.00 bits per heavy atom. The molecule has 4 aliphatic rings. The van der Waals surface area contributed by atoms with Crippen molar-refractivity contribution in [3.63, 3.8) is 0 Å². The van der Waals surface area contributed by atoms with Gasteiger partial charge in [0.2, 0.25) is 0 Å². The van der Waals surface area contributed by atoms with E-state index < -0.39 is 42.2 Å². The van der Waals surface area contributed by atoms with Crippen LogP contribution in [0.2, 0.25) is 0 Å². The van der Waals surface area contributed by atoms with Gasteiger partial charge in [-0.25, -0.2) is 4.79 Å². The molecule has 0 amide bonds. The average molecular weight is 390 g/mol. The fourth-order valence-corrected chi connectivity index (χ4v) is 5.78. The lowest BCUT2D eigenvalue weighted by atomic mass is 9.49. The normalized spacial score (nSPS) is 37.0. The van der Waals surface area contributed by atoms with Crippen molar-refractivity contribution in [2.75, 3.05) is 6.61 Å². The molecule has 4 fully saturated rings. The summed E-state index contributed by atoms with van der Waals surface area (Å²) in [5.74, 6) is -0.117. The van der Waals surface area contributed by atoms with Crippen LogP contribution in [-0.2, 0) is 19.1 Å². The van der Waals surface area contributed by atoms with E-state index in [1.807, 2.05) is 6.92 Å². The van der Waals surface area contributed by atoms with E-state index in [1.165, 1.54) is 13.3 Å². The van der Waals surface area contributed by atoms with Crippen LogP contribution in [0.4, 0.5) is 13.2 Å². The first kappa shape index (κ1) is 20.5. The van der Waals surface area contributed by atoms with Gasteiger partial charge in [-0.1, -0.05) is 13.8 Å². The zero-order chi connectivity index (χ0) is 20.0. The summed E-state index contributed by atoms with van der Waals surface area (Å²) >= 11 is 0. The van der Waals surface area contributed by atoms with Crippen molar-refractivity contribution in [3.8, 4) is 0 Å². The lowest BCUT2D eigenvalue weighted by Crippen LogP contribution is -2.59. The second-order valence-corrected chi connectivity index (χ2v) is 8.85. The molecule has 4 saturated carbocycles. The van der Waals surface area contributed by atoms with Gasteiger partial charge in [-0.2, -0.15) is 13.2 Å². The molecule has 7 heteroatoms. The molecule has 1 unspecified atom stereocenters. The number of alkyl halides is 3. The zero-order valence-corrected chi connectivity index (χ0v) is 16.2. The molecule has 0 N–H and O–H groups in total. The molecule has 154 valence electrons.